The summed E-state index contributed by atoms with van der Waals surface area (Å²) >= 11 is 0. The fourth-order valence-corrected chi connectivity index (χ4v) is 4.68. The lowest BCUT2D eigenvalue weighted by atomic mass is 9.98. The van der Waals surface area contributed by atoms with Gasteiger partial charge in [0.15, 0.2) is 0 Å². The van der Waals surface area contributed by atoms with E-state index in [1.165, 1.54) is 0 Å². The number of nitrogens with two attached hydrogens (primary N) is 1. The molecule has 0 radical (unpaired) electrons. The number of amidine groups is 1. The Balaban J connectivity index is 1.46. The van der Waals surface area contributed by atoms with Crippen molar-refractivity contribution < 1.29 is 14.2 Å². The van der Waals surface area contributed by atoms with E-state index in [-0.39, 0.29) is 22.4 Å². The first-order chi connectivity index (χ1) is 17.5. The van der Waals surface area contributed by atoms with Gasteiger partial charge in [-0.25, -0.2) is 4.98 Å². The monoisotopic (exact) mass is 480 g/mol. The second-order valence-corrected chi connectivity index (χ2v) is 8.69. The highest BCUT2D eigenvalue weighted by Crippen LogP contribution is 2.36. The zero-order valence-electron chi connectivity index (χ0n) is 19.9. The van der Waals surface area contributed by atoms with Crippen LogP contribution in [0.2, 0.25) is 0 Å². The summed E-state index contributed by atoms with van der Waals surface area (Å²) < 4.78 is -0.156. The second-order valence-electron chi connectivity index (χ2n) is 8.69. The molecule has 1 fully saturated rings. The molecule has 180 valence electrons. The third-order valence-electron chi connectivity index (χ3n) is 6.45. The Morgan fingerprint density at radius 2 is 2.00 bits per heavy atom. The van der Waals surface area contributed by atoms with E-state index in [1.807, 2.05) is 18.2 Å². The van der Waals surface area contributed by atoms with Gasteiger partial charge < -0.3 is 10.2 Å². The topological polar surface area (TPSA) is 113 Å². The van der Waals surface area contributed by atoms with Gasteiger partial charge in [0.1, 0.15) is 17.7 Å². The Morgan fingerprint density at radius 1 is 1.17 bits per heavy atom. The predicted octanol–water partition coefficient (Wildman–Crippen LogP) is 2.96. The molecule has 1 aromatic heterocycles. The molecule has 1 aromatic carbocycles. The fraction of sp³-hybridized carbons (Fsp3) is 0.222. The van der Waals surface area contributed by atoms with E-state index < -0.39 is 0 Å². The number of quaternary nitrogens is 1. The Kier molecular flexibility index (Phi) is 6.29. The largest absolute Gasteiger partial charge is 0.323 e. The molecule has 3 aliphatic rings. The van der Waals surface area contributed by atoms with Crippen LogP contribution in [0.3, 0.4) is 0 Å². The number of likely N-dealkylation sites (tertiary alicyclic amines) is 1. The number of allylic oxidation sites excluding steroid dienone is 1. The van der Waals surface area contributed by atoms with Gasteiger partial charge >= 0.3 is 0 Å². The molecule has 0 saturated carbocycles. The molecular formula is C27H26N7O2+. The van der Waals surface area contributed by atoms with Gasteiger partial charge in [-0.05, 0) is 68.5 Å². The number of amides is 2. The standard InChI is InChI=1S/C27H25N7O2/c1-2-7-24(35)33-16-6-4-8-21(33)25-22-18-29-15-17-34(22,28)26(32-25)19-10-12-20(13-11-19)27(36)31-23-9-3-5-14-30-23/h3,5,9-15,17-18,21H,4,6,8,16,28H2,1H3/p+1. The minimum Gasteiger partial charge on any atom is -0.323 e. The lowest BCUT2D eigenvalue weighted by Gasteiger charge is -2.34. The molecule has 2 aromatic rings. The molecule has 3 N–H and O–H groups in total. The van der Waals surface area contributed by atoms with E-state index in [1.54, 1.807) is 60.9 Å². The number of anilines is 1. The zero-order chi connectivity index (χ0) is 25.1. The highest BCUT2D eigenvalue weighted by Gasteiger charge is 2.47. The minimum absolute atomic E-state index is 0.156. The van der Waals surface area contributed by atoms with E-state index in [0.717, 1.165) is 36.2 Å². The van der Waals surface area contributed by atoms with Crippen molar-refractivity contribution in [2.24, 2.45) is 15.8 Å². The third kappa shape index (κ3) is 4.24. The quantitative estimate of drug-likeness (QED) is 0.398. The molecule has 0 aliphatic carbocycles. The maximum Gasteiger partial charge on any atom is 0.299 e. The Labute approximate surface area is 209 Å². The molecule has 9 heteroatoms. The molecule has 2 atom stereocenters. The number of aliphatic imine (C=N–C) groups is 2. The second kappa shape index (κ2) is 9.70. The van der Waals surface area contributed by atoms with Crippen LogP contribution >= 0.6 is 0 Å². The Hall–Kier alpha value is -4.39. The molecule has 0 bridgehead atoms. The average Bonchev–Trinajstić information content (AvgIpc) is 3.22. The van der Waals surface area contributed by atoms with Crippen molar-refractivity contribution in [2.45, 2.75) is 32.2 Å². The van der Waals surface area contributed by atoms with Gasteiger partial charge in [-0.2, -0.15) is 10.8 Å². The van der Waals surface area contributed by atoms with Gasteiger partial charge in [0, 0.05) is 18.3 Å². The van der Waals surface area contributed by atoms with Gasteiger partial charge in [-0.3, -0.25) is 14.6 Å². The minimum atomic E-state index is -0.261. The Morgan fingerprint density at radius 3 is 2.75 bits per heavy atom. The summed E-state index contributed by atoms with van der Waals surface area (Å²) in [5, 5.41) is 2.78. The van der Waals surface area contributed by atoms with Crippen molar-refractivity contribution >= 4 is 29.7 Å². The fourth-order valence-electron chi connectivity index (χ4n) is 4.68. The number of aromatic nitrogens is 1. The molecule has 3 aliphatic heterocycles. The van der Waals surface area contributed by atoms with Crippen molar-refractivity contribution in [3.8, 4) is 11.8 Å². The smallest absolute Gasteiger partial charge is 0.299 e. The highest BCUT2D eigenvalue weighted by atomic mass is 16.2. The number of fused-ring (bicyclic) bond motifs is 1. The van der Waals surface area contributed by atoms with Crippen molar-refractivity contribution in [3.63, 3.8) is 0 Å². The summed E-state index contributed by atoms with van der Waals surface area (Å²) in [5.41, 5.74) is 2.70. The Bertz CT molecular complexity index is 1380. The lowest BCUT2D eigenvalue weighted by Crippen LogP contribution is -2.53. The normalized spacial score (nSPS) is 22.4. The SMILES string of the molecule is CC#CC(=O)N1CCCCC1C1=C2C=NC=C[N+]2(N)C(c2ccc(C(=O)Nc3ccccn3)cc2)=N1. The van der Waals surface area contributed by atoms with E-state index in [0.29, 0.717) is 23.8 Å². The molecule has 1 saturated heterocycles. The molecule has 2 unspecified atom stereocenters. The number of benzene rings is 1. The highest BCUT2D eigenvalue weighted by molar-refractivity contribution is 6.05. The third-order valence-corrected chi connectivity index (χ3v) is 6.45. The summed E-state index contributed by atoms with van der Waals surface area (Å²) in [4.78, 5) is 40.6. The van der Waals surface area contributed by atoms with Crippen LogP contribution in [0.1, 0.15) is 42.1 Å². The average molecular weight is 481 g/mol. The summed E-state index contributed by atoms with van der Waals surface area (Å²) in [6, 6.07) is 12.2. The number of rotatable bonds is 4. The summed E-state index contributed by atoms with van der Waals surface area (Å²) in [5.74, 6) is 12.9. The van der Waals surface area contributed by atoms with E-state index in [4.69, 9.17) is 10.8 Å². The van der Waals surface area contributed by atoms with Crippen molar-refractivity contribution in [3.05, 3.63) is 83.6 Å². The molecule has 5 rings (SSSR count). The van der Waals surface area contributed by atoms with Crippen LogP contribution in [-0.2, 0) is 4.79 Å². The summed E-state index contributed by atoms with van der Waals surface area (Å²) in [6.07, 6.45) is 9.42. The number of pyridine rings is 1. The van der Waals surface area contributed by atoms with Crippen LogP contribution in [-0.4, -0.2) is 50.9 Å². The van der Waals surface area contributed by atoms with Crippen LogP contribution in [0.4, 0.5) is 5.82 Å². The molecule has 2 amide bonds. The number of carbonyl (C=O) groups is 2. The first-order valence-electron chi connectivity index (χ1n) is 11.8. The maximum absolute atomic E-state index is 12.7. The van der Waals surface area contributed by atoms with Gasteiger partial charge in [0.2, 0.25) is 5.70 Å². The summed E-state index contributed by atoms with van der Waals surface area (Å²) in [6.45, 7) is 2.28. The molecular weight excluding hydrogens is 454 g/mol. The van der Waals surface area contributed by atoms with Crippen LogP contribution in [0.25, 0.3) is 0 Å². The van der Waals surface area contributed by atoms with Gasteiger partial charge in [0.05, 0.1) is 24.0 Å². The number of piperidine rings is 1. The number of hydrogen-bond acceptors (Lipinski definition) is 6. The first-order valence-corrected chi connectivity index (χ1v) is 11.8. The van der Waals surface area contributed by atoms with E-state index in [2.05, 4.69) is 27.1 Å². The van der Waals surface area contributed by atoms with Crippen LogP contribution in [0.15, 0.2) is 82.4 Å². The maximum atomic E-state index is 12.7. The van der Waals surface area contributed by atoms with Crippen LogP contribution in [0, 0.1) is 11.8 Å². The van der Waals surface area contributed by atoms with E-state index >= 15 is 0 Å². The predicted molar refractivity (Wildman–Crippen MR) is 137 cm³/mol. The molecule has 0 spiro atoms. The summed E-state index contributed by atoms with van der Waals surface area (Å²) in [7, 11) is 0. The lowest BCUT2D eigenvalue weighted by molar-refractivity contribution is -0.750. The number of hydrogen-bond donors (Lipinski definition) is 2. The van der Waals surface area contributed by atoms with Crippen molar-refractivity contribution in [1.82, 2.24) is 9.88 Å². The van der Waals surface area contributed by atoms with Crippen LogP contribution in [0.5, 0.6) is 0 Å². The number of carbonyl (C=O) groups excluding carboxylic acids is 2. The number of nitrogens with zero attached hydrogens (tertiary/aromatic N) is 5. The number of nitrogens with one attached hydrogen (secondary N) is 1. The van der Waals surface area contributed by atoms with Gasteiger partial charge in [-0.15, -0.1) is 4.59 Å². The molecule has 9 nitrogen and oxygen atoms in total. The molecule has 4 heterocycles. The van der Waals surface area contributed by atoms with Crippen LogP contribution < -0.4 is 11.2 Å². The van der Waals surface area contributed by atoms with E-state index in [9.17, 15) is 9.59 Å². The van der Waals surface area contributed by atoms with Gasteiger partial charge in [0.25, 0.3) is 17.6 Å². The van der Waals surface area contributed by atoms with Crippen molar-refractivity contribution in [2.75, 3.05) is 11.9 Å². The first kappa shape index (κ1) is 23.4. The van der Waals surface area contributed by atoms with Gasteiger partial charge in [-0.1, -0.05) is 12.0 Å². The molecule has 36 heavy (non-hydrogen) atoms. The van der Waals surface area contributed by atoms with Crippen molar-refractivity contribution in [1.29, 1.82) is 0 Å². The zero-order valence-corrected chi connectivity index (χ0v) is 19.9.